The van der Waals surface area contributed by atoms with Crippen molar-refractivity contribution in [1.82, 2.24) is 4.90 Å². The summed E-state index contributed by atoms with van der Waals surface area (Å²) in [5.74, 6) is -1.10. The molecule has 0 radical (unpaired) electrons. The molecule has 3 aromatic carbocycles. The number of halogens is 3. The van der Waals surface area contributed by atoms with Crippen LogP contribution in [0.2, 0.25) is 0 Å². The zero-order valence-corrected chi connectivity index (χ0v) is 16.3. The fraction of sp³-hybridized carbons (Fsp3) is 0.208. The number of amides is 1. The zero-order valence-electron chi connectivity index (χ0n) is 16.3. The van der Waals surface area contributed by atoms with Gasteiger partial charge in [0.25, 0.3) is 5.91 Å². The Kier molecular flexibility index (Phi) is 5.86. The molecule has 0 atom stereocenters. The summed E-state index contributed by atoms with van der Waals surface area (Å²) in [5, 5.41) is 0. The van der Waals surface area contributed by atoms with Gasteiger partial charge in [0.05, 0.1) is 26.2 Å². The van der Waals surface area contributed by atoms with E-state index in [2.05, 4.69) is 0 Å². The first-order valence-corrected chi connectivity index (χ1v) is 9.91. The molecule has 0 spiro atoms. The second-order valence-corrected chi connectivity index (χ2v) is 7.49. The van der Waals surface area contributed by atoms with Crippen molar-refractivity contribution in [2.45, 2.75) is 6.04 Å². The molecule has 1 aliphatic heterocycles. The smallest absolute Gasteiger partial charge is 0.254 e. The lowest BCUT2D eigenvalue weighted by Gasteiger charge is -2.37. The van der Waals surface area contributed by atoms with Crippen LogP contribution in [0.3, 0.4) is 0 Å². The second kappa shape index (κ2) is 8.71. The van der Waals surface area contributed by atoms with Crippen molar-refractivity contribution < 1.29 is 22.9 Å². The van der Waals surface area contributed by atoms with Gasteiger partial charge in [0.15, 0.2) is 0 Å². The van der Waals surface area contributed by atoms with Crippen LogP contribution in [0.5, 0.6) is 0 Å². The van der Waals surface area contributed by atoms with Gasteiger partial charge in [0.1, 0.15) is 23.5 Å². The van der Waals surface area contributed by atoms with Crippen LogP contribution in [0, 0.1) is 17.5 Å². The highest BCUT2D eigenvalue weighted by Gasteiger charge is 2.32. The minimum atomic E-state index is -0.373. The summed E-state index contributed by atoms with van der Waals surface area (Å²) >= 11 is 0. The number of hydrogen-bond donors (Lipinski definition) is 1. The standard InChI is InChI=1S/C24H21F3N2O/c25-20-7-1-17(2-8-20)23(18-3-9-21(26)10-4-18)28-13-15-29(16-14-28)24(30)19-5-11-22(27)12-6-19/h1-12,23H,13-16H2/p+1. The molecule has 0 bridgehead atoms. The van der Waals surface area contributed by atoms with Crippen LogP contribution >= 0.6 is 0 Å². The minimum absolute atomic E-state index is 0.0886. The number of quaternary nitrogens is 1. The molecule has 1 amide bonds. The van der Waals surface area contributed by atoms with E-state index in [9.17, 15) is 18.0 Å². The molecule has 0 aliphatic carbocycles. The molecular weight excluding hydrogens is 389 g/mol. The summed E-state index contributed by atoms with van der Waals surface area (Å²) in [6.45, 7) is 2.47. The fourth-order valence-corrected chi connectivity index (χ4v) is 4.04. The highest BCUT2D eigenvalue weighted by Crippen LogP contribution is 2.21. The van der Waals surface area contributed by atoms with Gasteiger partial charge in [-0.15, -0.1) is 0 Å². The molecule has 4 rings (SSSR count). The molecule has 3 aromatic rings. The molecule has 0 saturated carbocycles. The van der Waals surface area contributed by atoms with Crippen molar-refractivity contribution in [3.8, 4) is 0 Å². The molecule has 154 valence electrons. The summed E-state index contributed by atoms with van der Waals surface area (Å²) in [4.78, 5) is 15.7. The van der Waals surface area contributed by atoms with Crippen molar-refractivity contribution in [2.75, 3.05) is 26.2 Å². The Morgan fingerprint density at radius 3 is 1.53 bits per heavy atom. The molecule has 6 heteroatoms. The summed E-state index contributed by atoms with van der Waals surface area (Å²) in [5.41, 5.74) is 2.35. The lowest BCUT2D eigenvalue weighted by atomic mass is 9.96. The molecule has 30 heavy (non-hydrogen) atoms. The average molecular weight is 411 g/mol. The maximum absolute atomic E-state index is 13.4. The van der Waals surface area contributed by atoms with E-state index in [0.717, 1.165) is 11.1 Å². The number of rotatable bonds is 4. The Bertz CT molecular complexity index is 951. The van der Waals surface area contributed by atoms with Gasteiger partial charge in [-0.25, -0.2) is 13.2 Å². The predicted octanol–water partition coefficient (Wildman–Crippen LogP) is 3.23. The van der Waals surface area contributed by atoms with E-state index in [1.807, 2.05) is 0 Å². The van der Waals surface area contributed by atoms with Gasteiger partial charge >= 0.3 is 0 Å². The Hall–Kier alpha value is -3.12. The number of carbonyl (C=O) groups is 1. The highest BCUT2D eigenvalue weighted by atomic mass is 19.1. The molecule has 1 aliphatic rings. The molecule has 1 fully saturated rings. The van der Waals surface area contributed by atoms with Crippen molar-refractivity contribution in [3.05, 3.63) is 107 Å². The van der Waals surface area contributed by atoms with Crippen LogP contribution in [0.25, 0.3) is 0 Å². The normalized spacial score (nSPS) is 14.9. The topological polar surface area (TPSA) is 24.8 Å². The summed E-state index contributed by atoms with van der Waals surface area (Å²) in [6, 6.07) is 18.2. The van der Waals surface area contributed by atoms with E-state index in [-0.39, 0.29) is 29.4 Å². The van der Waals surface area contributed by atoms with Gasteiger partial charge in [-0.1, -0.05) is 0 Å². The van der Waals surface area contributed by atoms with Crippen LogP contribution in [0.1, 0.15) is 27.5 Å². The second-order valence-electron chi connectivity index (χ2n) is 7.49. The molecule has 1 N–H and O–H groups in total. The maximum atomic E-state index is 13.4. The molecular formula is C24H22F3N2O+. The number of piperazine rings is 1. The van der Waals surface area contributed by atoms with Crippen molar-refractivity contribution in [2.24, 2.45) is 0 Å². The van der Waals surface area contributed by atoms with Crippen molar-refractivity contribution in [3.63, 3.8) is 0 Å². The van der Waals surface area contributed by atoms with Gasteiger partial charge in [-0.3, -0.25) is 4.79 Å². The highest BCUT2D eigenvalue weighted by molar-refractivity contribution is 5.94. The maximum Gasteiger partial charge on any atom is 0.254 e. The number of nitrogens with zero attached hydrogens (tertiary/aromatic N) is 1. The summed E-state index contributed by atoms with van der Waals surface area (Å²) in [7, 11) is 0. The van der Waals surface area contributed by atoms with E-state index in [1.165, 1.54) is 53.4 Å². The molecule has 3 nitrogen and oxygen atoms in total. The average Bonchev–Trinajstić information content (AvgIpc) is 2.77. The zero-order chi connectivity index (χ0) is 21.1. The SMILES string of the molecule is O=C(c1ccc(F)cc1)N1CC[NH+](C(c2ccc(F)cc2)c2ccc(F)cc2)CC1. The van der Waals surface area contributed by atoms with Gasteiger partial charge in [-0.2, -0.15) is 0 Å². The predicted molar refractivity (Wildman–Crippen MR) is 108 cm³/mol. The van der Waals surface area contributed by atoms with Crippen molar-refractivity contribution >= 4 is 5.91 Å². The number of benzene rings is 3. The lowest BCUT2D eigenvalue weighted by Crippen LogP contribution is -3.15. The number of carbonyl (C=O) groups excluding carboxylic acids is 1. The van der Waals surface area contributed by atoms with E-state index in [1.54, 1.807) is 29.2 Å². The first-order chi connectivity index (χ1) is 14.5. The number of hydrogen-bond acceptors (Lipinski definition) is 1. The van der Waals surface area contributed by atoms with Crippen LogP contribution in [-0.4, -0.2) is 37.0 Å². The van der Waals surface area contributed by atoms with Gasteiger partial charge in [0.2, 0.25) is 0 Å². The summed E-state index contributed by atoms with van der Waals surface area (Å²) in [6.07, 6.45) is 0. The van der Waals surface area contributed by atoms with Crippen LogP contribution in [0.4, 0.5) is 13.2 Å². The quantitative estimate of drug-likeness (QED) is 0.701. The van der Waals surface area contributed by atoms with Crippen LogP contribution < -0.4 is 4.90 Å². The molecule has 0 unspecified atom stereocenters. The summed E-state index contributed by atoms with van der Waals surface area (Å²) < 4.78 is 40.0. The minimum Gasteiger partial charge on any atom is -0.327 e. The van der Waals surface area contributed by atoms with Gasteiger partial charge < -0.3 is 9.80 Å². The number of nitrogens with one attached hydrogen (secondary N) is 1. The molecule has 1 heterocycles. The van der Waals surface area contributed by atoms with E-state index >= 15 is 0 Å². The third-order valence-electron chi connectivity index (χ3n) is 5.60. The lowest BCUT2D eigenvalue weighted by molar-refractivity contribution is -0.929. The van der Waals surface area contributed by atoms with Crippen LogP contribution in [-0.2, 0) is 0 Å². The Labute approximate surface area is 173 Å². The molecule has 0 aromatic heterocycles. The van der Waals surface area contributed by atoms with Gasteiger partial charge in [0, 0.05) is 16.7 Å². The first kappa shape index (κ1) is 20.2. The van der Waals surface area contributed by atoms with E-state index in [4.69, 9.17) is 0 Å². The first-order valence-electron chi connectivity index (χ1n) is 9.91. The Morgan fingerprint density at radius 2 is 1.10 bits per heavy atom. The monoisotopic (exact) mass is 411 g/mol. The van der Waals surface area contributed by atoms with Crippen molar-refractivity contribution in [1.29, 1.82) is 0 Å². The Morgan fingerprint density at radius 1 is 0.700 bits per heavy atom. The van der Waals surface area contributed by atoms with Gasteiger partial charge in [-0.05, 0) is 72.8 Å². The molecule has 1 saturated heterocycles. The largest absolute Gasteiger partial charge is 0.327 e. The van der Waals surface area contributed by atoms with E-state index < -0.39 is 0 Å². The fourth-order valence-electron chi connectivity index (χ4n) is 4.04. The third-order valence-corrected chi connectivity index (χ3v) is 5.60. The van der Waals surface area contributed by atoms with E-state index in [0.29, 0.717) is 31.7 Å². The Balaban J connectivity index is 1.53. The van der Waals surface area contributed by atoms with Crippen LogP contribution in [0.15, 0.2) is 72.8 Å². The third kappa shape index (κ3) is 4.39.